The van der Waals surface area contributed by atoms with Gasteiger partial charge < -0.3 is 102 Å². The summed E-state index contributed by atoms with van der Waals surface area (Å²) < 4.78 is 0. The normalized spacial score (nSPS) is 15.6. The zero-order valence-electron chi connectivity index (χ0n) is 57.0. The number of primary amides is 2. The van der Waals surface area contributed by atoms with Crippen LogP contribution in [0, 0.1) is 23.7 Å². The number of amides is 16. The first kappa shape index (κ1) is 85.9. The van der Waals surface area contributed by atoms with Crippen LogP contribution in [-0.4, -0.2) is 203 Å². The van der Waals surface area contributed by atoms with Crippen molar-refractivity contribution in [3.05, 3.63) is 0 Å². The standard InChI is InChI=1S/C59H104N18O18/c1-25(2)20-37(72-50(85)33(13)67-47(82)31(11)68-52(87)36(18-16-17-19-60)71-49(84)32(12)66-46(81)29(9)61)55(90)74-40(23-42(63)79)53(88)69-34(14)51(86)76-45(28(7)8)58(93)75-38(21-26(3)4)56(91)77-44(27(5)6)57(92)64-24-43(80)65-30(10)48(83)73-39(22-41(62)78)54(89)70-35(15)59(94)95/h25-40,44-45H,16-24,60-61H2,1-15H3,(H2,62,78)(H2,63,79)(H,64,92)(H,65,80)(H,66,81)(H,67,82)(H,68,87)(H,69,88)(H,70,89)(H,71,84)(H,72,85)(H,73,83)(H,74,90)(H,75,93)(H,76,86)(H,77,91)(H,94,95)/t29-,30-,31-,32-,33-,34-,35-,36-,37-,38-,39-,40-,44-,45-/m0/s1. The average molecular weight is 1350 g/mol. The quantitative estimate of drug-likeness (QED) is 0.0252. The molecule has 95 heavy (non-hydrogen) atoms. The number of nitrogens with two attached hydrogens (primary N) is 4. The Hall–Kier alpha value is -9.09. The molecule has 0 aliphatic carbocycles. The molecule has 0 aromatic rings. The van der Waals surface area contributed by atoms with E-state index in [4.69, 9.17) is 28.0 Å². The van der Waals surface area contributed by atoms with Crippen LogP contribution in [0.5, 0.6) is 0 Å². The fourth-order valence-corrected chi connectivity index (χ4v) is 8.60. The molecule has 0 aliphatic rings. The number of carboxylic acid groups (broad SMARTS) is 1. The third-order valence-electron chi connectivity index (χ3n) is 14.2. The Balaban J connectivity index is 6.12. The van der Waals surface area contributed by atoms with Gasteiger partial charge in [-0.2, -0.15) is 0 Å². The summed E-state index contributed by atoms with van der Waals surface area (Å²) in [5.41, 5.74) is 21.9. The van der Waals surface area contributed by atoms with Gasteiger partial charge in [-0.25, -0.2) is 0 Å². The van der Waals surface area contributed by atoms with Crippen molar-refractivity contribution < 1.29 is 86.6 Å². The lowest BCUT2D eigenvalue weighted by Crippen LogP contribution is -2.61. The van der Waals surface area contributed by atoms with Gasteiger partial charge in [0.2, 0.25) is 94.5 Å². The summed E-state index contributed by atoms with van der Waals surface area (Å²) >= 11 is 0. The van der Waals surface area contributed by atoms with Gasteiger partial charge in [0.15, 0.2) is 0 Å². The molecule has 0 fully saturated rings. The number of unbranched alkanes of at least 4 members (excludes halogenated alkanes) is 1. The molecule has 0 bridgehead atoms. The minimum absolute atomic E-state index is 0.0195. The minimum Gasteiger partial charge on any atom is -0.480 e. The van der Waals surface area contributed by atoms with E-state index in [9.17, 15) is 81.5 Å². The molecule has 0 aromatic carbocycles. The first-order valence-corrected chi connectivity index (χ1v) is 31.4. The maximum atomic E-state index is 14.0. The highest BCUT2D eigenvalue weighted by molar-refractivity contribution is 6.01. The first-order chi connectivity index (χ1) is 43.9. The van der Waals surface area contributed by atoms with Gasteiger partial charge in [0.25, 0.3) is 0 Å². The predicted molar refractivity (Wildman–Crippen MR) is 343 cm³/mol. The zero-order valence-corrected chi connectivity index (χ0v) is 57.0. The van der Waals surface area contributed by atoms with E-state index in [1.807, 2.05) is 0 Å². The lowest BCUT2D eigenvalue weighted by atomic mass is 9.98. The molecule has 36 heteroatoms. The second kappa shape index (κ2) is 42.3. The highest BCUT2D eigenvalue weighted by Crippen LogP contribution is 2.12. The molecule has 0 saturated carbocycles. The van der Waals surface area contributed by atoms with E-state index < -0.39 is 216 Å². The topological polar surface area (TPSA) is 583 Å². The molecule has 23 N–H and O–H groups in total. The second-order valence-corrected chi connectivity index (χ2v) is 24.9. The Kier molecular flexibility index (Phi) is 38.2. The molecule has 36 nitrogen and oxygen atoms in total. The average Bonchev–Trinajstić information content (AvgIpc) is 0.908. The van der Waals surface area contributed by atoms with E-state index in [-0.39, 0.29) is 31.1 Å². The van der Waals surface area contributed by atoms with Crippen molar-refractivity contribution in [3.63, 3.8) is 0 Å². The van der Waals surface area contributed by atoms with Crippen molar-refractivity contribution in [1.29, 1.82) is 0 Å². The molecule has 0 rings (SSSR count). The fraction of sp³-hybridized carbons (Fsp3) is 0.712. The van der Waals surface area contributed by atoms with Gasteiger partial charge in [0, 0.05) is 0 Å². The van der Waals surface area contributed by atoms with Crippen LogP contribution in [0.1, 0.15) is 149 Å². The predicted octanol–water partition coefficient (Wildman–Crippen LogP) is -6.76. The number of aliphatic carboxylic acids is 1. The Morgan fingerprint density at radius 1 is 0.337 bits per heavy atom. The number of carbonyl (C=O) groups excluding carboxylic acids is 16. The van der Waals surface area contributed by atoms with Crippen LogP contribution in [0.15, 0.2) is 0 Å². The number of hydrogen-bond acceptors (Lipinski definition) is 19. The maximum Gasteiger partial charge on any atom is 0.325 e. The molecule has 0 aliphatic heterocycles. The molecule has 0 radical (unpaired) electrons. The maximum absolute atomic E-state index is 14.0. The monoisotopic (exact) mass is 1350 g/mol. The van der Waals surface area contributed by atoms with Crippen molar-refractivity contribution in [1.82, 2.24) is 74.4 Å². The molecule has 0 saturated heterocycles. The lowest BCUT2D eigenvalue weighted by molar-refractivity contribution is -0.142. The van der Waals surface area contributed by atoms with Crippen LogP contribution >= 0.6 is 0 Å². The Labute approximate surface area is 553 Å². The molecule has 16 amide bonds. The van der Waals surface area contributed by atoms with Crippen LogP contribution in [0.4, 0.5) is 0 Å². The molecule has 14 atom stereocenters. The van der Waals surface area contributed by atoms with Crippen LogP contribution in [-0.2, 0) is 81.5 Å². The van der Waals surface area contributed by atoms with Gasteiger partial charge in [-0.1, -0.05) is 55.4 Å². The largest absolute Gasteiger partial charge is 0.480 e. The number of rotatable bonds is 43. The molecule has 0 unspecified atom stereocenters. The molecule has 0 heterocycles. The van der Waals surface area contributed by atoms with Gasteiger partial charge in [0.1, 0.15) is 78.5 Å². The van der Waals surface area contributed by atoms with Crippen molar-refractivity contribution in [3.8, 4) is 0 Å². The summed E-state index contributed by atoms with van der Waals surface area (Å²) in [5.74, 6) is -17.5. The zero-order chi connectivity index (χ0) is 73.5. The Morgan fingerprint density at radius 2 is 0.642 bits per heavy atom. The van der Waals surface area contributed by atoms with Crippen LogP contribution < -0.4 is 97.4 Å². The summed E-state index contributed by atoms with van der Waals surface area (Å²) in [6.45, 7) is 21.8. The van der Waals surface area contributed by atoms with Gasteiger partial charge in [-0.15, -0.1) is 0 Å². The van der Waals surface area contributed by atoms with E-state index >= 15 is 0 Å². The highest BCUT2D eigenvalue weighted by Gasteiger charge is 2.37. The third-order valence-corrected chi connectivity index (χ3v) is 14.2. The smallest absolute Gasteiger partial charge is 0.325 e. The number of carboxylic acids is 1. The Bertz CT molecular complexity index is 2730. The summed E-state index contributed by atoms with van der Waals surface area (Å²) in [6.07, 6.45) is -0.477. The van der Waals surface area contributed by atoms with Gasteiger partial charge >= 0.3 is 5.97 Å². The second-order valence-electron chi connectivity index (χ2n) is 24.9. The fourth-order valence-electron chi connectivity index (χ4n) is 8.60. The summed E-state index contributed by atoms with van der Waals surface area (Å²) in [6, 6.07) is -18.7. The number of carbonyl (C=O) groups is 17. The molecule has 0 aromatic heterocycles. The van der Waals surface area contributed by atoms with E-state index in [0.717, 1.165) is 6.92 Å². The Morgan fingerprint density at radius 3 is 1.04 bits per heavy atom. The highest BCUT2D eigenvalue weighted by atomic mass is 16.4. The molecule has 0 spiro atoms. The van der Waals surface area contributed by atoms with E-state index in [1.54, 1.807) is 55.4 Å². The van der Waals surface area contributed by atoms with Crippen molar-refractivity contribution in [2.45, 2.75) is 233 Å². The lowest BCUT2D eigenvalue weighted by Gasteiger charge is -2.29. The van der Waals surface area contributed by atoms with Gasteiger partial charge in [0.05, 0.1) is 25.4 Å². The van der Waals surface area contributed by atoms with Gasteiger partial charge in [-0.05, 0) is 111 Å². The molecular formula is C59H104N18O18. The van der Waals surface area contributed by atoms with Crippen LogP contribution in [0.3, 0.4) is 0 Å². The first-order valence-electron chi connectivity index (χ1n) is 31.4. The van der Waals surface area contributed by atoms with Crippen molar-refractivity contribution >= 4 is 100 Å². The van der Waals surface area contributed by atoms with Crippen molar-refractivity contribution in [2.24, 2.45) is 46.6 Å². The number of nitrogens with one attached hydrogen (secondary N) is 14. The van der Waals surface area contributed by atoms with Crippen molar-refractivity contribution in [2.75, 3.05) is 13.1 Å². The third kappa shape index (κ3) is 33.0. The SMILES string of the molecule is CC(C)C[C@H](NC(=O)[C@H](C)NC(=O)[C@H](C)NC(=O)[C@H](CCCCN)NC(=O)[C@H](C)NC(=O)[C@H](C)N)C(=O)N[C@@H](CC(N)=O)C(=O)N[C@@H](C)C(=O)N[C@H](C(=O)N[C@@H](CC(C)C)C(=O)N[C@H](C(=O)NCC(=O)N[C@@H](C)C(=O)N[C@@H](CC(N)=O)C(=O)N[C@@H](C)C(=O)O)C(C)C)C(C)C. The minimum atomic E-state index is -1.73. The van der Waals surface area contributed by atoms with E-state index in [1.165, 1.54) is 41.5 Å². The number of hydrogen-bond donors (Lipinski definition) is 19. The molecular weight excluding hydrogens is 1250 g/mol. The van der Waals surface area contributed by atoms with Gasteiger partial charge in [-0.3, -0.25) is 81.5 Å². The van der Waals surface area contributed by atoms with E-state index in [2.05, 4.69) is 74.4 Å². The summed E-state index contributed by atoms with van der Waals surface area (Å²) in [4.78, 5) is 222. The van der Waals surface area contributed by atoms with E-state index in [0.29, 0.717) is 19.4 Å². The van der Waals surface area contributed by atoms with Crippen LogP contribution in [0.2, 0.25) is 0 Å². The summed E-state index contributed by atoms with van der Waals surface area (Å²) in [5, 5.41) is 43.1. The molecule has 538 valence electrons. The van der Waals surface area contributed by atoms with Crippen LogP contribution in [0.25, 0.3) is 0 Å². The summed E-state index contributed by atoms with van der Waals surface area (Å²) in [7, 11) is 0.